The number of rotatable bonds is 6. The molecule has 0 unspecified atom stereocenters. The van der Waals surface area contributed by atoms with Gasteiger partial charge in [-0.1, -0.05) is 35.0 Å². The van der Waals surface area contributed by atoms with Gasteiger partial charge in [-0.05, 0) is 25.1 Å². The van der Waals surface area contributed by atoms with Gasteiger partial charge in [-0.3, -0.25) is 14.3 Å². The van der Waals surface area contributed by atoms with Crippen LogP contribution in [-0.2, 0) is 16.7 Å². The van der Waals surface area contributed by atoms with E-state index in [2.05, 4.69) is 10.5 Å². The molecule has 2 aromatic carbocycles. The number of anilines is 1. The number of hydrogen-bond acceptors (Lipinski definition) is 6. The Kier molecular flexibility index (Phi) is 6.15. The third-order valence-electron chi connectivity index (χ3n) is 5.55. The second-order valence-corrected chi connectivity index (χ2v) is 7.86. The Hall–Kier alpha value is -3.72. The molecule has 9 nitrogen and oxygen atoms in total. The number of oxime groups is 1. The van der Waals surface area contributed by atoms with Crippen molar-refractivity contribution in [2.24, 2.45) is 12.2 Å². The molecule has 0 radical (unpaired) electrons. The highest BCUT2D eigenvalue weighted by molar-refractivity contribution is 6.32. The van der Waals surface area contributed by atoms with Crippen molar-refractivity contribution >= 4 is 28.9 Å². The largest absolute Gasteiger partial charge is 0.496 e. The quantitative estimate of drug-likeness (QED) is 0.596. The maximum Gasteiger partial charge on any atom is 0.295 e. The van der Waals surface area contributed by atoms with Crippen LogP contribution >= 0.6 is 11.6 Å². The number of halogens is 1. The van der Waals surface area contributed by atoms with Crippen molar-refractivity contribution in [3.63, 3.8) is 0 Å². The van der Waals surface area contributed by atoms with E-state index in [1.807, 2.05) is 30.3 Å². The Balaban J connectivity index is 1.55. The fourth-order valence-corrected chi connectivity index (χ4v) is 3.92. The third-order valence-corrected chi connectivity index (χ3v) is 5.84. The van der Waals surface area contributed by atoms with Gasteiger partial charge in [-0.15, -0.1) is 0 Å². The fourth-order valence-electron chi connectivity index (χ4n) is 3.68. The van der Waals surface area contributed by atoms with E-state index in [0.717, 1.165) is 0 Å². The number of para-hydroxylation sites is 1. The number of carbonyl (C=O) groups excluding carboxylic acids is 1. The molecule has 4 rings (SSSR count). The molecule has 3 aromatic rings. The maximum atomic E-state index is 13.0. The maximum absolute atomic E-state index is 13.0. The van der Waals surface area contributed by atoms with Crippen LogP contribution in [0, 0.1) is 6.92 Å². The first-order valence-electron chi connectivity index (χ1n) is 10.1. The van der Waals surface area contributed by atoms with E-state index in [1.54, 1.807) is 30.8 Å². The Morgan fingerprint density at radius 2 is 1.88 bits per heavy atom. The summed E-state index contributed by atoms with van der Waals surface area (Å²) in [5.74, 6) is 0.475. The Morgan fingerprint density at radius 3 is 2.55 bits per heavy atom. The van der Waals surface area contributed by atoms with E-state index in [0.29, 0.717) is 39.2 Å². The molecule has 1 aliphatic rings. The van der Waals surface area contributed by atoms with Gasteiger partial charge in [0.25, 0.3) is 11.5 Å². The molecule has 1 aliphatic heterocycles. The Labute approximate surface area is 195 Å². The molecular formula is C23H23ClN4O5. The normalized spacial score (nSPS) is 15.1. The van der Waals surface area contributed by atoms with Gasteiger partial charge in [0.2, 0.25) is 6.10 Å². The summed E-state index contributed by atoms with van der Waals surface area (Å²) in [6, 6.07) is 12.5. The van der Waals surface area contributed by atoms with Crippen LogP contribution in [0.1, 0.15) is 17.7 Å². The van der Waals surface area contributed by atoms with Crippen molar-refractivity contribution in [3.05, 3.63) is 69.1 Å². The number of benzene rings is 2. The lowest BCUT2D eigenvalue weighted by Gasteiger charge is -2.11. The highest BCUT2D eigenvalue weighted by Crippen LogP contribution is 2.34. The predicted molar refractivity (Wildman–Crippen MR) is 125 cm³/mol. The number of hydrogen-bond donors (Lipinski definition) is 1. The van der Waals surface area contributed by atoms with E-state index >= 15 is 0 Å². The molecule has 1 amide bonds. The summed E-state index contributed by atoms with van der Waals surface area (Å²) in [4.78, 5) is 31.4. The van der Waals surface area contributed by atoms with Gasteiger partial charge in [0, 0.05) is 25.1 Å². The zero-order valence-corrected chi connectivity index (χ0v) is 19.3. The molecule has 0 saturated carbocycles. The van der Waals surface area contributed by atoms with Crippen molar-refractivity contribution in [1.82, 2.24) is 9.36 Å². The second kappa shape index (κ2) is 9.03. The van der Waals surface area contributed by atoms with Crippen molar-refractivity contribution in [2.45, 2.75) is 19.4 Å². The van der Waals surface area contributed by atoms with Crippen LogP contribution in [0.25, 0.3) is 5.69 Å². The summed E-state index contributed by atoms with van der Waals surface area (Å²) in [5, 5.41) is 7.15. The summed E-state index contributed by atoms with van der Waals surface area (Å²) in [7, 11) is 4.78. The van der Waals surface area contributed by atoms with E-state index in [4.69, 9.17) is 25.9 Å². The van der Waals surface area contributed by atoms with Crippen LogP contribution in [0.2, 0.25) is 5.02 Å². The van der Waals surface area contributed by atoms with Crippen LogP contribution in [0.5, 0.6) is 11.5 Å². The molecule has 33 heavy (non-hydrogen) atoms. The molecule has 1 aromatic heterocycles. The molecule has 172 valence electrons. The number of ether oxygens (including phenoxy) is 2. The van der Waals surface area contributed by atoms with Gasteiger partial charge in [0.1, 0.15) is 17.2 Å². The van der Waals surface area contributed by atoms with E-state index in [-0.39, 0.29) is 17.7 Å². The summed E-state index contributed by atoms with van der Waals surface area (Å²) in [6.45, 7) is 1.76. The van der Waals surface area contributed by atoms with Crippen LogP contribution in [-0.4, -0.2) is 41.3 Å². The molecule has 0 spiro atoms. The van der Waals surface area contributed by atoms with Gasteiger partial charge in [-0.25, -0.2) is 4.68 Å². The average molecular weight is 471 g/mol. The van der Waals surface area contributed by atoms with Crippen LogP contribution in [0.3, 0.4) is 0 Å². The fraction of sp³-hybridized carbons (Fsp3) is 0.261. The molecule has 2 heterocycles. The third kappa shape index (κ3) is 4.07. The van der Waals surface area contributed by atoms with E-state index in [9.17, 15) is 9.59 Å². The van der Waals surface area contributed by atoms with Crippen molar-refractivity contribution < 1.29 is 19.1 Å². The standard InChI is InChI=1S/C23H23ClN4O5/c1-13-21(23(30)28(27(13)2)14-8-6-5-7-9-14)25-22(29)20-11-17(26-33-20)15-10-16(24)19(32-4)12-18(15)31-3/h5-10,12,20H,11H2,1-4H3,(H,25,29)/t20-/m1/s1. The van der Waals surface area contributed by atoms with Crippen LogP contribution in [0.4, 0.5) is 5.69 Å². The zero-order valence-electron chi connectivity index (χ0n) is 18.6. The lowest BCUT2D eigenvalue weighted by molar-refractivity contribution is -0.125. The number of nitrogens with zero attached hydrogens (tertiary/aromatic N) is 3. The Morgan fingerprint density at radius 1 is 1.18 bits per heavy atom. The van der Waals surface area contributed by atoms with Crippen molar-refractivity contribution in [3.8, 4) is 17.2 Å². The SMILES string of the molecule is COc1cc(OC)c(C2=NO[C@@H](C(=O)Nc3c(C)n(C)n(-c4ccccc4)c3=O)C2)cc1Cl. The molecule has 0 aliphatic carbocycles. The highest BCUT2D eigenvalue weighted by Gasteiger charge is 2.32. The zero-order chi connectivity index (χ0) is 23.7. The van der Waals surface area contributed by atoms with Gasteiger partial charge in [0.15, 0.2) is 0 Å². The predicted octanol–water partition coefficient (Wildman–Crippen LogP) is 3.29. The first-order valence-corrected chi connectivity index (χ1v) is 10.5. The van der Waals surface area contributed by atoms with Crippen molar-refractivity contribution in [2.75, 3.05) is 19.5 Å². The number of carbonyl (C=O) groups is 1. The summed E-state index contributed by atoms with van der Waals surface area (Å²) < 4.78 is 13.8. The molecule has 0 saturated heterocycles. The minimum absolute atomic E-state index is 0.184. The molecule has 0 bridgehead atoms. The molecule has 1 atom stereocenters. The van der Waals surface area contributed by atoms with Crippen LogP contribution < -0.4 is 20.3 Å². The van der Waals surface area contributed by atoms with E-state index < -0.39 is 12.0 Å². The van der Waals surface area contributed by atoms with Crippen molar-refractivity contribution in [1.29, 1.82) is 0 Å². The molecule has 10 heteroatoms. The first kappa shape index (κ1) is 22.5. The monoisotopic (exact) mass is 470 g/mol. The minimum Gasteiger partial charge on any atom is -0.496 e. The molecule has 0 fully saturated rings. The van der Waals surface area contributed by atoms with Gasteiger partial charge in [-0.2, -0.15) is 0 Å². The van der Waals surface area contributed by atoms with Crippen LogP contribution in [0.15, 0.2) is 52.4 Å². The minimum atomic E-state index is -0.908. The Bertz CT molecular complexity index is 1300. The number of amides is 1. The highest BCUT2D eigenvalue weighted by atomic mass is 35.5. The smallest absolute Gasteiger partial charge is 0.295 e. The number of aromatic nitrogens is 2. The van der Waals surface area contributed by atoms with E-state index in [1.165, 1.54) is 18.9 Å². The average Bonchev–Trinajstić information content (AvgIpc) is 3.39. The molecular weight excluding hydrogens is 448 g/mol. The summed E-state index contributed by atoms with van der Waals surface area (Å²) in [6.07, 6.45) is -0.723. The number of methoxy groups -OCH3 is 2. The lowest BCUT2D eigenvalue weighted by atomic mass is 10.0. The summed E-state index contributed by atoms with van der Waals surface area (Å²) in [5.41, 5.74) is 2.26. The number of nitrogens with one attached hydrogen (secondary N) is 1. The lowest BCUT2D eigenvalue weighted by Crippen LogP contribution is -2.30. The second-order valence-electron chi connectivity index (χ2n) is 7.45. The first-order chi connectivity index (χ1) is 15.8. The molecule has 1 N–H and O–H groups in total. The summed E-state index contributed by atoms with van der Waals surface area (Å²) >= 11 is 6.25. The van der Waals surface area contributed by atoms with Gasteiger partial charge >= 0.3 is 0 Å². The van der Waals surface area contributed by atoms with Gasteiger partial charge in [0.05, 0.1) is 36.3 Å². The topological polar surface area (TPSA) is 96.1 Å². The van der Waals surface area contributed by atoms with Gasteiger partial charge < -0.3 is 19.6 Å².